The highest BCUT2D eigenvalue weighted by Gasteiger charge is 2.66. The minimum absolute atomic E-state index is 0.726. The fraction of sp³-hybridized carbons (Fsp3) is 0.143. The Kier molecular flexibility index (Phi) is 4.58. The fourth-order valence-corrected chi connectivity index (χ4v) is 4.85. The third-order valence-corrected chi connectivity index (χ3v) is 7.28. The fourth-order valence-electron chi connectivity index (χ4n) is 0.973. The Bertz CT molecular complexity index is 682. The molecular formula is C7H8F2O8P2S. The maximum atomic E-state index is 13.1. The molecule has 1 aromatic rings. The van der Waals surface area contributed by atoms with Crippen molar-refractivity contribution in [3.63, 3.8) is 0 Å². The Morgan fingerprint density at radius 1 is 1.05 bits per heavy atom. The number of alkyl halides is 2. The van der Waals surface area contributed by atoms with Gasteiger partial charge in [-0.15, -0.1) is 0 Å². The van der Waals surface area contributed by atoms with Gasteiger partial charge in [-0.25, -0.2) is 0 Å². The van der Waals surface area contributed by atoms with E-state index in [0.717, 1.165) is 12.1 Å². The van der Waals surface area contributed by atoms with Crippen LogP contribution in [0.2, 0.25) is 0 Å². The molecule has 13 heteroatoms. The van der Waals surface area contributed by atoms with Gasteiger partial charge in [0, 0.05) is 0 Å². The Labute approximate surface area is 111 Å². The zero-order chi connectivity index (χ0) is 15.8. The molecule has 114 valence electrons. The average molecular weight is 352 g/mol. The molecule has 0 heterocycles. The van der Waals surface area contributed by atoms with E-state index >= 15 is 0 Å². The number of rotatable bonds is 5. The lowest BCUT2D eigenvalue weighted by atomic mass is 10.4. The van der Waals surface area contributed by atoms with E-state index in [0.29, 0.717) is 0 Å². The molecule has 0 amide bonds. The van der Waals surface area contributed by atoms with E-state index in [1.807, 2.05) is 0 Å². The lowest BCUT2D eigenvalue weighted by Gasteiger charge is -2.21. The maximum Gasteiger partial charge on any atom is 0.444 e. The van der Waals surface area contributed by atoms with Gasteiger partial charge in [0.25, 0.3) is 0 Å². The van der Waals surface area contributed by atoms with Crippen LogP contribution >= 0.6 is 15.2 Å². The van der Waals surface area contributed by atoms with Crippen LogP contribution in [0.1, 0.15) is 0 Å². The molecule has 1 unspecified atom stereocenters. The summed E-state index contributed by atoms with van der Waals surface area (Å²) in [5.74, 6) is 0. The quantitative estimate of drug-likeness (QED) is 0.674. The molecular weight excluding hydrogens is 344 g/mol. The smallest absolute Gasteiger partial charge is 0.320 e. The molecule has 0 saturated carbocycles. The van der Waals surface area contributed by atoms with Crippen molar-refractivity contribution in [3.05, 3.63) is 30.3 Å². The summed E-state index contributed by atoms with van der Waals surface area (Å²) in [6.45, 7) is 0. The van der Waals surface area contributed by atoms with Crippen LogP contribution in [0.5, 0.6) is 0 Å². The minimum atomic E-state index is -6.49. The summed E-state index contributed by atoms with van der Waals surface area (Å²) in [7, 11) is -18.0. The van der Waals surface area contributed by atoms with Crippen molar-refractivity contribution >= 4 is 25.3 Å². The third-order valence-electron chi connectivity index (χ3n) is 1.92. The van der Waals surface area contributed by atoms with E-state index in [1.165, 1.54) is 18.2 Å². The molecule has 0 bridgehead atoms. The summed E-state index contributed by atoms with van der Waals surface area (Å²) in [6.07, 6.45) is 0. The van der Waals surface area contributed by atoms with Gasteiger partial charge in [0.05, 0.1) is 4.90 Å². The average Bonchev–Trinajstić information content (AvgIpc) is 2.27. The van der Waals surface area contributed by atoms with Crippen LogP contribution in [-0.2, 0) is 23.2 Å². The Morgan fingerprint density at radius 2 is 1.50 bits per heavy atom. The minimum Gasteiger partial charge on any atom is -0.320 e. The van der Waals surface area contributed by atoms with E-state index in [1.54, 1.807) is 0 Å². The zero-order valence-electron chi connectivity index (χ0n) is 9.33. The zero-order valence-corrected chi connectivity index (χ0v) is 11.9. The Balaban J connectivity index is 3.22. The van der Waals surface area contributed by atoms with Gasteiger partial charge < -0.3 is 14.7 Å². The van der Waals surface area contributed by atoms with Gasteiger partial charge in [-0.3, -0.25) is 9.13 Å². The molecule has 0 aliphatic heterocycles. The molecule has 0 aliphatic carbocycles. The van der Waals surface area contributed by atoms with Crippen molar-refractivity contribution in [2.75, 3.05) is 0 Å². The van der Waals surface area contributed by atoms with Crippen molar-refractivity contribution in [2.24, 2.45) is 0 Å². The first-order valence-corrected chi connectivity index (χ1v) is 9.19. The largest absolute Gasteiger partial charge is 0.444 e. The summed E-state index contributed by atoms with van der Waals surface area (Å²) < 4.78 is 74.2. The van der Waals surface area contributed by atoms with Crippen LogP contribution < -0.4 is 0 Å². The molecule has 0 spiro atoms. The summed E-state index contributed by atoms with van der Waals surface area (Å²) >= 11 is 0. The first kappa shape index (κ1) is 17.4. The molecule has 8 nitrogen and oxygen atoms in total. The van der Waals surface area contributed by atoms with Gasteiger partial charge in [-0.05, 0) is 12.1 Å². The van der Waals surface area contributed by atoms with Gasteiger partial charge >= 0.3 is 30.7 Å². The Morgan fingerprint density at radius 3 is 1.90 bits per heavy atom. The van der Waals surface area contributed by atoms with E-state index < -0.39 is 35.6 Å². The molecule has 0 fully saturated rings. The third kappa shape index (κ3) is 3.32. The number of hydrogen-bond donors (Lipinski definition) is 3. The van der Waals surface area contributed by atoms with Crippen molar-refractivity contribution in [1.29, 1.82) is 0 Å². The molecule has 0 radical (unpaired) electrons. The topological polar surface area (TPSA) is 138 Å². The second-order valence-corrected chi connectivity index (χ2v) is 9.00. The second-order valence-electron chi connectivity index (χ2n) is 3.42. The van der Waals surface area contributed by atoms with Crippen LogP contribution in [0.15, 0.2) is 35.2 Å². The second kappa shape index (κ2) is 5.27. The normalized spacial score (nSPS) is 16.6. The molecule has 0 aliphatic rings. The van der Waals surface area contributed by atoms with Crippen molar-refractivity contribution in [2.45, 2.75) is 10.3 Å². The summed E-state index contributed by atoms with van der Waals surface area (Å²) in [4.78, 5) is 24.8. The van der Waals surface area contributed by atoms with Gasteiger partial charge in [0.15, 0.2) is 0 Å². The summed E-state index contributed by atoms with van der Waals surface area (Å²) in [6, 6.07) is 5.50. The first-order valence-electron chi connectivity index (χ1n) is 4.59. The van der Waals surface area contributed by atoms with Gasteiger partial charge in [-0.1, -0.05) is 18.2 Å². The molecule has 1 atom stereocenters. The molecule has 20 heavy (non-hydrogen) atoms. The van der Waals surface area contributed by atoms with Crippen molar-refractivity contribution < 1.29 is 45.0 Å². The predicted molar refractivity (Wildman–Crippen MR) is 61.5 cm³/mol. The highest BCUT2D eigenvalue weighted by atomic mass is 32.2. The highest BCUT2D eigenvalue weighted by molar-refractivity contribution is 7.92. The highest BCUT2D eigenvalue weighted by Crippen LogP contribution is 2.73. The van der Waals surface area contributed by atoms with Gasteiger partial charge in [0.2, 0.25) is 0 Å². The lowest BCUT2D eigenvalue weighted by molar-refractivity contribution is 0.109. The van der Waals surface area contributed by atoms with Crippen LogP contribution in [-0.4, -0.2) is 28.5 Å². The Hall–Kier alpha value is -0.670. The van der Waals surface area contributed by atoms with Crippen LogP contribution in [0.4, 0.5) is 8.78 Å². The molecule has 3 N–H and O–H groups in total. The monoisotopic (exact) mass is 352 g/mol. The standard InChI is InChI=1S/C7H8F2O8P2S/c8-7(9,18(10,11)12)19(13,14)17-20(15,16)6-4-2-1-3-5-6/h1-5H,(H,13,14)(H2,10,11,12). The van der Waals surface area contributed by atoms with E-state index in [-0.39, 0.29) is 0 Å². The van der Waals surface area contributed by atoms with Gasteiger partial charge in [-0.2, -0.15) is 21.2 Å². The van der Waals surface area contributed by atoms with Crippen molar-refractivity contribution in [1.82, 2.24) is 0 Å². The van der Waals surface area contributed by atoms with Crippen LogP contribution in [0, 0.1) is 0 Å². The lowest BCUT2D eigenvalue weighted by Crippen LogP contribution is -2.20. The van der Waals surface area contributed by atoms with Crippen LogP contribution in [0.25, 0.3) is 0 Å². The summed E-state index contributed by atoms with van der Waals surface area (Å²) in [5, 5.41) is -5.55. The molecule has 0 saturated heterocycles. The first-order chi connectivity index (χ1) is 8.81. The molecule has 0 aromatic heterocycles. The SMILES string of the molecule is O=P(O)(O)C(F)(F)P(=O)(O)OS(=O)(=O)c1ccccc1. The molecule has 1 rings (SSSR count). The molecule has 1 aromatic carbocycles. The predicted octanol–water partition coefficient (Wildman–Crippen LogP) is 1.31. The number of hydrogen-bond acceptors (Lipinski definition) is 5. The van der Waals surface area contributed by atoms with E-state index in [4.69, 9.17) is 14.7 Å². The van der Waals surface area contributed by atoms with E-state index in [2.05, 4.69) is 3.97 Å². The maximum absolute atomic E-state index is 13.1. The summed E-state index contributed by atoms with van der Waals surface area (Å²) in [5.41, 5.74) is 0. The van der Waals surface area contributed by atoms with Crippen LogP contribution in [0.3, 0.4) is 0 Å². The van der Waals surface area contributed by atoms with Crippen molar-refractivity contribution in [3.8, 4) is 0 Å². The number of halogens is 2. The van der Waals surface area contributed by atoms with E-state index in [9.17, 15) is 26.3 Å². The van der Waals surface area contributed by atoms with Gasteiger partial charge in [0.1, 0.15) is 0 Å². The number of benzene rings is 1.